The van der Waals surface area contributed by atoms with E-state index in [2.05, 4.69) is 46.3 Å². The Morgan fingerprint density at radius 1 is 0.947 bits per heavy atom. The fourth-order valence-electron chi connectivity index (χ4n) is 4.30. The average molecular weight is 587 g/mol. The predicted octanol–water partition coefficient (Wildman–Crippen LogP) is 6.87. The van der Waals surface area contributed by atoms with Gasteiger partial charge < -0.3 is 0 Å². The van der Waals surface area contributed by atoms with Crippen molar-refractivity contribution in [2.45, 2.75) is 26.7 Å². The van der Waals surface area contributed by atoms with Crippen molar-refractivity contribution in [1.29, 1.82) is 0 Å². The fourth-order valence-corrected chi connectivity index (χ4v) is 5.61. The molecule has 6 nitrogen and oxygen atoms in total. The highest BCUT2D eigenvalue weighted by Gasteiger charge is 2.17. The summed E-state index contributed by atoms with van der Waals surface area (Å²) in [5.74, 6) is 0. The third kappa shape index (κ3) is 5.28. The molecule has 0 amide bonds. The molecule has 192 valence electrons. The number of aryl methyl sites for hydroxylation is 1. The van der Waals surface area contributed by atoms with Crippen molar-refractivity contribution in [3.8, 4) is 16.9 Å². The maximum atomic E-state index is 13.5. The van der Waals surface area contributed by atoms with Crippen LogP contribution in [0.15, 0.2) is 110 Å². The van der Waals surface area contributed by atoms with Crippen molar-refractivity contribution in [2.24, 2.45) is 17.1 Å². The van der Waals surface area contributed by atoms with E-state index < -0.39 is 0 Å². The molecule has 0 saturated heterocycles. The van der Waals surface area contributed by atoms with Gasteiger partial charge in [-0.15, -0.1) is 11.3 Å². The molecule has 5 aromatic rings. The van der Waals surface area contributed by atoms with E-state index in [1.165, 1.54) is 16.9 Å². The monoisotopic (exact) mass is 585 g/mol. The molecule has 0 aliphatic heterocycles. The number of nitrogens with zero attached hydrogens (tertiary/aromatic N) is 5. The van der Waals surface area contributed by atoms with E-state index in [1.807, 2.05) is 90.2 Å². The van der Waals surface area contributed by atoms with Crippen LogP contribution < -0.4 is 10.4 Å². The normalized spacial score (nSPS) is 12.3. The molecule has 0 aliphatic carbocycles. The smallest absolute Gasteiger partial charge is 0.283 e. The van der Waals surface area contributed by atoms with Crippen LogP contribution in [0.2, 0.25) is 0 Å². The Bertz CT molecular complexity index is 1730. The summed E-state index contributed by atoms with van der Waals surface area (Å²) >= 11 is 5.16. The Balaban J connectivity index is 1.63. The van der Waals surface area contributed by atoms with Crippen molar-refractivity contribution >= 4 is 38.7 Å². The zero-order chi connectivity index (χ0) is 26.6. The number of rotatable bonds is 7. The molecule has 0 radical (unpaired) electrons. The number of halogens is 1. The van der Waals surface area contributed by atoms with E-state index in [4.69, 9.17) is 10.1 Å². The summed E-state index contributed by atoms with van der Waals surface area (Å²) in [5.41, 5.74) is 6.00. The first-order valence-corrected chi connectivity index (χ1v) is 14.0. The van der Waals surface area contributed by atoms with Gasteiger partial charge in [-0.05, 0) is 50.5 Å². The van der Waals surface area contributed by atoms with Gasteiger partial charge in [-0.3, -0.25) is 9.48 Å². The van der Waals surface area contributed by atoms with Gasteiger partial charge in [0.25, 0.3) is 5.56 Å². The van der Waals surface area contributed by atoms with Crippen molar-refractivity contribution in [2.75, 3.05) is 0 Å². The maximum absolute atomic E-state index is 13.5. The van der Waals surface area contributed by atoms with Crippen LogP contribution in [0.1, 0.15) is 24.6 Å². The van der Waals surface area contributed by atoms with Crippen LogP contribution in [-0.2, 0) is 13.5 Å². The van der Waals surface area contributed by atoms with Gasteiger partial charge in [0.2, 0.25) is 4.80 Å². The van der Waals surface area contributed by atoms with Gasteiger partial charge in [-0.25, -0.2) is 14.4 Å². The summed E-state index contributed by atoms with van der Waals surface area (Å²) in [5, 5.41) is 7.05. The minimum atomic E-state index is -0.164. The maximum Gasteiger partial charge on any atom is 0.297 e. The summed E-state index contributed by atoms with van der Waals surface area (Å²) < 4.78 is 6.33. The van der Waals surface area contributed by atoms with Crippen LogP contribution in [0, 0.1) is 6.92 Å². The molecular formula is C30H28BrN5OS. The van der Waals surface area contributed by atoms with E-state index in [1.54, 1.807) is 4.68 Å². The van der Waals surface area contributed by atoms with Gasteiger partial charge in [-0.2, -0.15) is 5.10 Å². The van der Waals surface area contributed by atoms with E-state index in [9.17, 15) is 4.79 Å². The number of thiazole rings is 1. The Kier molecular flexibility index (Phi) is 7.72. The number of benzene rings is 3. The van der Waals surface area contributed by atoms with Gasteiger partial charge in [0.15, 0.2) is 5.69 Å². The van der Waals surface area contributed by atoms with Gasteiger partial charge in [0.1, 0.15) is 0 Å². The summed E-state index contributed by atoms with van der Waals surface area (Å²) in [4.78, 5) is 19.1. The lowest BCUT2D eigenvalue weighted by atomic mass is 10.1. The third-order valence-corrected chi connectivity index (χ3v) is 7.96. The molecule has 0 spiro atoms. The first-order chi connectivity index (χ1) is 18.4. The van der Waals surface area contributed by atoms with Crippen molar-refractivity contribution in [3.63, 3.8) is 0 Å². The standard InChI is InChI=1S/C30H28BrN5OS/c1-21(18-19-23-12-6-4-7-13-23)33-35-27(25-16-10-11-17-26(25)31)20-38-30(35)32-28-22(2)34(3)36(29(28)37)24-14-8-5-9-15-24/h4-17,20H,18-19H2,1-3H3. The number of para-hydroxylation sites is 1. The largest absolute Gasteiger partial charge is 0.297 e. The molecule has 38 heavy (non-hydrogen) atoms. The lowest BCUT2D eigenvalue weighted by Gasteiger charge is -2.08. The van der Waals surface area contributed by atoms with Crippen LogP contribution in [0.25, 0.3) is 16.9 Å². The molecule has 0 fully saturated rings. The van der Waals surface area contributed by atoms with E-state index >= 15 is 0 Å². The first-order valence-electron chi connectivity index (χ1n) is 12.4. The lowest BCUT2D eigenvalue weighted by Crippen LogP contribution is -2.20. The molecule has 8 heteroatoms. The van der Waals surface area contributed by atoms with Gasteiger partial charge in [0.05, 0.1) is 17.1 Å². The molecule has 0 saturated carbocycles. The number of hydrogen-bond acceptors (Lipinski definition) is 4. The Hall–Kier alpha value is -3.75. The molecule has 3 aromatic carbocycles. The highest BCUT2D eigenvalue weighted by molar-refractivity contribution is 9.10. The molecule has 5 rings (SSSR count). The highest BCUT2D eigenvalue weighted by atomic mass is 79.9. The molecule has 0 aliphatic rings. The van der Waals surface area contributed by atoms with Crippen molar-refractivity contribution in [3.05, 3.63) is 121 Å². The first kappa shape index (κ1) is 25.9. The van der Waals surface area contributed by atoms with E-state index in [-0.39, 0.29) is 5.56 Å². The van der Waals surface area contributed by atoms with Crippen LogP contribution in [0.5, 0.6) is 0 Å². The fraction of sp³-hybridized carbons (Fsp3) is 0.167. The molecule has 0 bridgehead atoms. The second-order valence-corrected chi connectivity index (χ2v) is 10.7. The van der Waals surface area contributed by atoms with Crippen molar-refractivity contribution < 1.29 is 0 Å². The van der Waals surface area contributed by atoms with Gasteiger partial charge in [-0.1, -0.05) is 82.7 Å². The summed E-state index contributed by atoms with van der Waals surface area (Å²) in [6.45, 7) is 3.96. The quantitative estimate of drug-likeness (QED) is 0.192. The average Bonchev–Trinajstić information content (AvgIpc) is 3.42. The second-order valence-electron chi connectivity index (χ2n) is 9.04. The lowest BCUT2D eigenvalue weighted by molar-refractivity contribution is 0.630. The zero-order valence-electron chi connectivity index (χ0n) is 21.5. The van der Waals surface area contributed by atoms with E-state index in [0.29, 0.717) is 10.5 Å². The summed E-state index contributed by atoms with van der Waals surface area (Å²) in [7, 11) is 1.88. The third-order valence-electron chi connectivity index (χ3n) is 6.46. The number of aromatic nitrogens is 3. The molecule has 0 N–H and O–H groups in total. The molecule has 2 aromatic heterocycles. The van der Waals surface area contributed by atoms with Crippen LogP contribution in [-0.4, -0.2) is 19.8 Å². The second kappa shape index (κ2) is 11.3. The van der Waals surface area contributed by atoms with Gasteiger partial charge >= 0.3 is 0 Å². The van der Waals surface area contributed by atoms with Crippen LogP contribution >= 0.6 is 27.3 Å². The minimum Gasteiger partial charge on any atom is -0.283 e. The van der Waals surface area contributed by atoms with Crippen LogP contribution in [0.3, 0.4) is 0 Å². The summed E-state index contributed by atoms with van der Waals surface area (Å²) in [6.07, 6.45) is 1.71. The molecule has 0 atom stereocenters. The number of hydrogen-bond donors (Lipinski definition) is 0. The molecule has 2 heterocycles. The van der Waals surface area contributed by atoms with Crippen molar-refractivity contribution in [1.82, 2.24) is 14.0 Å². The molecule has 0 unspecified atom stereocenters. The highest BCUT2D eigenvalue weighted by Crippen LogP contribution is 2.29. The topological polar surface area (TPSA) is 56.6 Å². The summed E-state index contributed by atoms with van der Waals surface area (Å²) in [6, 6.07) is 28.1. The predicted molar refractivity (Wildman–Crippen MR) is 160 cm³/mol. The minimum absolute atomic E-state index is 0.164. The van der Waals surface area contributed by atoms with E-state index in [0.717, 1.165) is 45.7 Å². The van der Waals surface area contributed by atoms with Crippen LogP contribution in [0.4, 0.5) is 5.69 Å². The Morgan fingerprint density at radius 3 is 2.32 bits per heavy atom. The molecular weight excluding hydrogens is 558 g/mol. The Morgan fingerprint density at radius 2 is 1.61 bits per heavy atom. The Labute approximate surface area is 234 Å². The SMILES string of the molecule is CC(CCc1ccccc1)=Nn1c(-c2ccccc2Br)csc1=Nc1c(C)n(C)n(-c2ccccc2)c1=O. The zero-order valence-corrected chi connectivity index (χ0v) is 23.9. The van der Waals surface area contributed by atoms with Gasteiger partial charge in [0, 0.05) is 28.2 Å².